The Balaban J connectivity index is 1.31. The number of para-hydroxylation sites is 1. The average Bonchev–Trinajstić information content (AvgIpc) is 3.69. The molecule has 1 amide bonds. The van der Waals surface area contributed by atoms with Gasteiger partial charge in [0.15, 0.2) is 5.13 Å². The standard InChI is InChI=1S/C29H29N3O4S2/c1-19-9-14-26-27(20(19)2)30-29(37-26)31(18-23-7-5-17-36-23)28(33)22-10-12-24(13-11-22)38(34,35)32-16-15-21-6-3-4-8-25(21)32/h3-4,6,8-14,23H,5,7,15-18H2,1-2H3. The maximum Gasteiger partial charge on any atom is 0.264 e. The normalized spacial score (nSPS) is 17.2. The van der Waals surface area contributed by atoms with Gasteiger partial charge in [-0.2, -0.15) is 0 Å². The van der Waals surface area contributed by atoms with Crippen LogP contribution in [0.3, 0.4) is 0 Å². The van der Waals surface area contributed by atoms with Gasteiger partial charge in [-0.3, -0.25) is 14.0 Å². The first-order valence-corrected chi connectivity index (χ1v) is 15.1. The smallest absolute Gasteiger partial charge is 0.264 e. The van der Waals surface area contributed by atoms with E-state index in [1.807, 2.05) is 37.3 Å². The van der Waals surface area contributed by atoms with E-state index in [1.165, 1.54) is 27.8 Å². The second kappa shape index (κ2) is 9.80. The van der Waals surface area contributed by atoms with Gasteiger partial charge in [-0.05, 0) is 86.2 Å². The predicted octanol–water partition coefficient (Wildman–Crippen LogP) is 5.49. The van der Waals surface area contributed by atoms with Crippen LogP contribution < -0.4 is 9.21 Å². The maximum atomic E-state index is 13.8. The summed E-state index contributed by atoms with van der Waals surface area (Å²) in [4.78, 5) is 20.5. The number of fused-ring (bicyclic) bond motifs is 2. The molecule has 9 heteroatoms. The summed E-state index contributed by atoms with van der Waals surface area (Å²) in [5, 5.41) is 0.625. The minimum atomic E-state index is -3.73. The first kappa shape index (κ1) is 25.0. The van der Waals surface area contributed by atoms with E-state index in [0.717, 1.165) is 45.4 Å². The lowest BCUT2D eigenvalue weighted by molar-refractivity contribution is 0.0917. The van der Waals surface area contributed by atoms with Gasteiger partial charge in [-0.25, -0.2) is 13.4 Å². The summed E-state index contributed by atoms with van der Waals surface area (Å²) in [6.45, 7) is 5.61. The molecule has 0 aliphatic carbocycles. The molecule has 0 radical (unpaired) electrons. The molecule has 1 atom stereocenters. The molecule has 196 valence electrons. The van der Waals surface area contributed by atoms with Gasteiger partial charge in [0.25, 0.3) is 15.9 Å². The Morgan fingerprint density at radius 2 is 1.89 bits per heavy atom. The molecular weight excluding hydrogens is 518 g/mol. The van der Waals surface area contributed by atoms with Crippen LogP contribution in [0.25, 0.3) is 10.2 Å². The Morgan fingerprint density at radius 3 is 2.66 bits per heavy atom. The van der Waals surface area contributed by atoms with Gasteiger partial charge >= 0.3 is 0 Å². The van der Waals surface area contributed by atoms with Gasteiger partial charge in [0.1, 0.15) is 0 Å². The third kappa shape index (κ3) is 4.38. The van der Waals surface area contributed by atoms with Crippen LogP contribution in [0, 0.1) is 13.8 Å². The molecule has 1 aromatic heterocycles. The van der Waals surface area contributed by atoms with E-state index in [0.29, 0.717) is 36.8 Å². The third-order valence-corrected chi connectivity index (χ3v) is 10.4. The van der Waals surface area contributed by atoms with Crippen LogP contribution in [0.1, 0.15) is 39.9 Å². The van der Waals surface area contributed by atoms with E-state index >= 15 is 0 Å². The van der Waals surface area contributed by atoms with Crippen LogP contribution in [0.5, 0.6) is 0 Å². The van der Waals surface area contributed by atoms with Crippen molar-refractivity contribution in [3.63, 3.8) is 0 Å². The molecule has 4 aromatic rings. The van der Waals surface area contributed by atoms with Gasteiger partial charge < -0.3 is 4.74 Å². The highest BCUT2D eigenvalue weighted by Crippen LogP contribution is 2.35. The molecule has 1 saturated heterocycles. The van der Waals surface area contributed by atoms with Crippen LogP contribution in [0.2, 0.25) is 0 Å². The number of hydrogen-bond acceptors (Lipinski definition) is 6. The predicted molar refractivity (Wildman–Crippen MR) is 151 cm³/mol. The number of aromatic nitrogens is 1. The second-order valence-electron chi connectivity index (χ2n) is 9.88. The van der Waals surface area contributed by atoms with E-state index in [-0.39, 0.29) is 16.9 Å². The molecule has 38 heavy (non-hydrogen) atoms. The molecule has 3 aromatic carbocycles. The molecule has 0 saturated carbocycles. The zero-order valence-electron chi connectivity index (χ0n) is 21.4. The fourth-order valence-corrected chi connectivity index (χ4v) is 7.72. The number of carbonyl (C=O) groups is 1. The SMILES string of the molecule is Cc1ccc2sc(N(CC3CCCO3)C(=O)c3ccc(S(=O)(=O)N4CCc5ccccc54)cc3)nc2c1C. The summed E-state index contributed by atoms with van der Waals surface area (Å²) in [6.07, 6.45) is 2.49. The van der Waals surface area contributed by atoms with Crippen molar-refractivity contribution in [3.8, 4) is 0 Å². The van der Waals surface area contributed by atoms with Crippen molar-refractivity contribution in [2.45, 2.75) is 44.1 Å². The van der Waals surface area contributed by atoms with Gasteiger partial charge in [0.05, 0.1) is 33.4 Å². The molecule has 0 spiro atoms. The number of amides is 1. The Morgan fingerprint density at radius 1 is 1.11 bits per heavy atom. The molecule has 0 N–H and O–H groups in total. The number of aryl methyl sites for hydroxylation is 2. The summed E-state index contributed by atoms with van der Waals surface area (Å²) >= 11 is 1.49. The fraction of sp³-hybridized carbons (Fsp3) is 0.310. The van der Waals surface area contributed by atoms with Crippen LogP contribution in [0.4, 0.5) is 10.8 Å². The number of ether oxygens (including phenoxy) is 1. The van der Waals surface area contributed by atoms with Crippen molar-refractivity contribution in [2.75, 3.05) is 28.9 Å². The van der Waals surface area contributed by atoms with Crippen LogP contribution >= 0.6 is 11.3 Å². The molecule has 6 rings (SSSR count). The minimum absolute atomic E-state index is 0.0521. The Kier molecular flexibility index (Phi) is 6.45. The minimum Gasteiger partial charge on any atom is -0.376 e. The van der Waals surface area contributed by atoms with Gasteiger partial charge in [0, 0.05) is 18.7 Å². The van der Waals surface area contributed by atoms with Crippen molar-refractivity contribution in [1.29, 1.82) is 0 Å². The molecule has 3 heterocycles. The fourth-order valence-electron chi connectivity index (χ4n) is 5.18. The highest BCUT2D eigenvalue weighted by molar-refractivity contribution is 7.92. The topological polar surface area (TPSA) is 79.8 Å². The highest BCUT2D eigenvalue weighted by Gasteiger charge is 2.32. The van der Waals surface area contributed by atoms with E-state index in [2.05, 4.69) is 13.0 Å². The second-order valence-corrected chi connectivity index (χ2v) is 12.8. The third-order valence-electron chi connectivity index (χ3n) is 7.49. The van der Waals surface area contributed by atoms with E-state index in [1.54, 1.807) is 17.0 Å². The number of sulfonamides is 1. The lowest BCUT2D eigenvalue weighted by Crippen LogP contribution is -2.37. The van der Waals surface area contributed by atoms with E-state index in [4.69, 9.17) is 9.72 Å². The van der Waals surface area contributed by atoms with Gasteiger partial charge in [-0.15, -0.1) is 0 Å². The summed E-state index contributed by atoms with van der Waals surface area (Å²) in [5.41, 5.74) is 5.32. The molecule has 1 unspecified atom stereocenters. The van der Waals surface area contributed by atoms with Crippen molar-refractivity contribution < 1.29 is 17.9 Å². The average molecular weight is 548 g/mol. The van der Waals surface area contributed by atoms with Gasteiger partial charge in [0.2, 0.25) is 0 Å². The van der Waals surface area contributed by atoms with E-state index in [9.17, 15) is 13.2 Å². The number of benzene rings is 3. The zero-order valence-corrected chi connectivity index (χ0v) is 23.0. The van der Waals surface area contributed by atoms with Gasteiger partial charge in [-0.1, -0.05) is 35.6 Å². The molecule has 2 aliphatic heterocycles. The Hall–Kier alpha value is -3.27. The van der Waals surface area contributed by atoms with Crippen molar-refractivity contribution in [1.82, 2.24) is 4.98 Å². The lowest BCUT2D eigenvalue weighted by atomic mass is 10.1. The number of anilines is 2. The van der Waals surface area contributed by atoms with E-state index < -0.39 is 10.0 Å². The number of thiazole rings is 1. The molecule has 0 bridgehead atoms. The summed E-state index contributed by atoms with van der Waals surface area (Å²) < 4.78 is 35.2. The lowest BCUT2D eigenvalue weighted by Gasteiger charge is -2.23. The number of carbonyl (C=O) groups excluding carboxylic acids is 1. The number of rotatable bonds is 6. The first-order chi connectivity index (χ1) is 18.3. The Bertz CT molecular complexity index is 1620. The van der Waals surface area contributed by atoms with Crippen LogP contribution in [-0.2, 0) is 21.2 Å². The Labute approximate surface area is 226 Å². The zero-order chi connectivity index (χ0) is 26.4. The molecular formula is C29H29N3O4S2. The first-order valence-electron chi connectivity index (χ1n) is 12.8. The van der Waals surface area contributed by atoms with Crippen LogP contribution in [0.15, 0.2) is 65.6 Å². The maximum absolute atomic E-state index is 13.8. The summed E-state index contributed by atoms with van der Waals surface area (Å²) in [5.74, 6) is -0.218. The quantitative estimate of drug-likeness (QED) is 0.319. The molecule has 7 nitrogen and oxygen atoms in total. The van der Waals surface area contributed by atoms with Crippen molar-refractivity contribution >= 4 is 48.3 Å². The molecule has 2 aliphatic rings. The van der Waals surface area contributed by atoms with Crippen LogP contribution in [-0.4, -0.2) is 45.1 Å². The highest BCUT2D eigenvalue weighted by atomic mass is 32.2. The largest absolute Gasteiger partial charge is 0.376 e. The van der Waals surface area contributed by atoms with Crippen molar-refractivity contribution in [2.24, 2.45) is 0 Å². The monoisotopic (exact) mass is 547 g/mol. The number of nitrogens with zero attached hydrogens (tertiary/aromatic N) is 3. The van der Waals surface area contributed by atoms with Crippen molar-refractivity contribution in [3.05, 3.63) is 82.9 Å². The molecule has 1 fully saturated rings. The summed E-state index contributed by atoms with van der Waals surface area (Å²) in [6, 6.07) is 17.9. The summed E-state index contributed by atoms with van der Waals surface area (Å²) in [7, 11) is -3.73. The number of hydrogen-bond donors (Lipinski definition) is 0.